The maximum Gasteiger partial charge on any atom is 0.101 e. The van der Waals surface area contributed by atoms with Gasteiger partial charge in [-0.05, 0) is 31.0 Å². The first kappa shape index (κ1) is 14.6. The molecule has 2 saturated heterocycles. The van der Waals surface area contributed by atoms with Crippen LogP contribution in [-0.2, 0) is 4.74 Å². The number of piperazine rings is 1. The predicted molar refractivity (Wildman–Crippen MR) is 83.8 cm³/mol. The molecule has 1 aromatic rings. The number of halogens is 1. The fraction of sp³-hybridized carbons (Fsp3) is 0.562. The first-order valence-electron chi connectivity index (χ1n) is 7.55. The Morgan fingerprint density at radius 1 is 1.29 bits per heavy atom. The Hall–Kier alpha value is -1.28. The van der Waals surface area contributed by atoms with Crippen LogP contribution in [0.5, 0.6) is 0 Å². The quantitative estimate of drug-likeness (QED) is 0.860. The molecule has 112 valence electrons. The Kier molecular flexibility index (Phi) is 4.64. The van der Waals surface area contributed by atoms with Crippen LogP contribution in [0.2, 0.25) is 5.02 Å². The molecule has 0 bridgehead atoms. The van der Waals surface area contributed by atoms with Gasteiger partial charge in [0.05, 0.1) is 16.7 Å². The van der Waals surface area contributed by atoms with E-state index in [4.69, 9.17) is 21.6 Å². The zero-order chi connectivity index (χ0) is 14.7. The van der Waals surface area contributed by atoms with Gasteiger partial charge in [-0.3, -0.25) is 4.90 Å². The number of rotatable bonds is 3. The minimum atomic E-state index is 0.431. The largest absolute Gasteiger partial charge is 0.377 e. The average molecular weight is 306 g/mol. The van der Waals surface area contributed by atoms with E-state index >= 15 is 0 Å². The van der Waals surface area contributed by atoms with E-state index in [1.807, 2.05) is 12.1 Å². The first-order valence-corrected chi connectivity index (χ1v) is 7.92. The van der Waals surface area contributed by atoms with Gasteiger partial charge in [0, 0.05) is 45.0 Å². The van der Waals surface area contributed by atoms with Crippen LogP contribution in [0, 0.1) is 11.3 Å². The van der Waals surface area contributed by atoms with E-state index in [9.17, 15) is 0 Å². The van der Waals surface area contributed by atoms with Crippen molar-refractivity contribution in [2.75, 3.05) is 44.2 Å². The van der Waals surface area contributed by atoms with Crippen molar-refractivity contribution >= 4 is 17.3 Å². The summed E-state index contributed by atoms with van der Waals surface area (Å²) < 4.78 is 5.71. The molecule has 21 heavy (non-hydrogen) atoms. The lowest BCUT2D eigenvalue weighted by molar-refractivity contribution is 0.0713. The van der Waals surface area contributed by atoms with Gasteiger partial charge in [-0.1, -0.05) is 11.6 Å². The molecule has 1 atom stereocenters. The molecule has 0 aromatic heterocycles. The van der Waals surface area contributed by atoms with Crippen molar-refractivity contribution in [1.29, 1.82) is 5.26 Å². The van der Waals surface area contributed by atoms with Crippen molar-refractivity contribution in [2.24, 2.45) is 0 Å². The van der Waals surface area contributed by atoms with Crippen LogP contribution in [0.1, 0.15) is 18.4 Å². The van der Waals surface area contributed by atoms with Gasteiger partial charge in [0.25, 0.3) is 0 Å². The van der Waals surface area contributed by atoms with Gasteiger partial charge in [0.2, 0.25) is 0 Å². The number of benzene rings is 1. The maximum absolute atomic E-state index is 8.92. The molecule has 0 amide bonds. The van der Waals surface area contributed by atoms with Gasteiger partial charge in [-0.25, -0.2) is 0 Å². The molecule has 0 aliphatic carbocycles. The van der Waals surface area contributed by atoms with E-state index in [0.29, 0.717) is 16.7 Å². The molecule has 2 aliphatic heterocycles. The van der Waals surface area contributed by atoms with E-state index in [1.165, 1.54) is 12.8 Å². The third kappa shape index (κ3) is 3.49. The first-order chi connectivity index (χ1) is 10.3. The summed E-state index contributed by atoms with van der Waals surface area (Å²) in [6.07, 6.45) is 2.83. The molecule has 3 rings (SSSR count). The summed E-state index contributed by atoms with van der Waals surface area (Å²) in [6, 6.07) is 7.79. The van der Waals surface area contributed by atoms with Gasteiger partial charge in [0.1, 0.15) is 6.07 Å². The highest BCUT2D eigenvalue weighted by molar-refractivity contribution is 6.32. The third-order valence-electron chi connectivity index (χ3n) is 4.30. The number of hydrogen-bond acceptors (Lipinski definition) is 4. The summed E-state index contributed by atoms with van der Waals surface area (Å²) in [4.78, 5) is 4.82. The molecule has 0 radical (unpaired) electrons. The van der Waals surface area contributed by atoms with E-state index < -0.39 is 0 Å². The molecule has 5 heteroatoms. The van der Waals surface area contributed by atoms with Gasteiger partial charge < -0.3 is 9.64 Å². The lowest BCUT2D eigenvalue weighted by Crippen LogP contribution is -2.48. The molecular weight excluding hydrogens is 286 g/mol. The standard InChI is InChI=1S/C16H20ClN3O/c17-16-10-14(4-3-13(16)11-18)20-7-5-19(6-8-20)12-15-2-1-9-21-15/h3-4,10,15H,1-2,5-9,12H2. The Bertz CT molecular complexity index is 529. The van der Waals surface area contributed by atoms with Crippen LogP contribution < -0.4 is 4.90 Å². The van der Waals surface area contributed by atoms with E-state index in [1.54, 1.807) is 6.07 Å². The molecule has 2 aliphatic rings. The zero-order valence-electron chi connectivity index (χ0n) is 12.1. The fourth-order valence-corrected chi connectivity index (χ4v) is 3.27. The van der Waals surface area contributed by atoms with Crippen molar-refractivity contribution in [3.05, 3.63) is 28.8 Å². The van der Waals surface area contributed by atoms with Crippen LogP contribution >= 0.6 is 11.6 Å². The number of ether oxygens (including phenoxy) is 1. The van der Waals surface area contributed by atoms with E-state index in [-0.39, 0.29) is 0 Å². The fourth-order valence-electron chi connectivity index (χ4n) is 3.06. The maximum atomic E-state index is 8.92. The average Bonchev–Trinajstić information content (AvgIpc) is 3.01. The highest BCUT2D eigenvalue weighted by Crippen LogP contribution is 2.24. The molecule has 0 saturated carbocycles. The van der Waals surface area contributed by atoms with Crippen molar-refractivity contribution in [3.63, 3.8) is 0 Å². The Morgan fingerprint density at radius 2 is 2.10 bits per heavy atom. The summed E-state index contributed by atoms with van der Waals surface area (Å²) in [5.41, 5.74) is 1.65. The van der Waals surface area contributed by atoms with Crippen LogP contribution in [0.15, 0.2) is 18.2 Å². The second kappa shape index (κ2) is 6.65. The van der Waals surface area contributed by atoms with Crippen molar-refractivity contribution in [1.82, 2.24) is 4.90 Å². The number of nitrogens with zero attached hydrogens (tertiary/aromatic N) is 3. The number of hydrogen-bond donors (Lipinski definition) is 0. The normalized spacial score (nSPS) is 23.2. The SMILES string of the molecule is N#Cc1ccc(N2CCN(CC3CCCO3)CC2)cc1Cl. The van der Waals surface area contributed by atoms with Crippen LogP contribution in [0.3, 0.4) is 0 Å². The van der Waals surface area contributed by atoms with Gasteiger partial charge in [-0.2, -0.15) is 5.26 Å². The molecule has 1 aromatic carbocycles. The van der Waals surface area contributed by atoms with Crippen molar-refractivity contribution in [2.45, 2.75) is 18.9 Å². The minimum Gasteiger partial charge on any atom is -0.377 e. The van der Waals surface area contributed by atoms with Crippen LogP contribution in [0.4, 0.5) is 5.69 Å². The van der Waals surface area contributed by atoms with E-state index in [0.717, 1.165) is 45.0 Å². The lowest BCUT2D eigenvalue weighted by Gasteiger charge is -2.37. The number of nitriles is 1. The molecule has 0 spiro atoms. The van der Waals surface area contributed by atoms with Gasteiger partial charge in [0.15, 0.2) is 0 Å². The minimum absolute atomic E-state index is 0.431. The predicted octanol–water partition coefficient (Wildman–Crippen LogP) is 2.51. The summed E-state index contributed by atoms with van der Waals surface area (Å²) in [5.74, 6) is 0. The molecule has 4 nitrogen and oxygen atoms in total. The Morgan fingerprint density at radius 3 is 2.71 bits per heavy atom. The van der Waals surface area contributed by atoms with Gasteiger partial charge >= 0.3 is 0 Å². The molecule has 2 fully saturated rings. The second-order valence-corrected chi connectivity index (χ2v) is 6.11. The number of anilines is 1. The Labute approximate surface area is 130 Å². The van der Waals surface area contributed by atoms with Crippen LogP contribution in [0.25, 0.3) is 0 Å². The van der Waals surface area contributed by atoms with Crippen molar-refractivity contribution in [3.8, 4) is 6.07 Å². The smallest absolute Gasteiger partial charge is 0.101 e. The third-order valence-corrected chi connectivity index (χ3v) is 4.61. The lowest BCUT2D eigenvalue weighted by atomic mass is 10.1. The monoisotopic (exact) mass is 305 g/mol. The van der Waals surface area contributed by atoms with Crippen LogP contribution in [-0.4, -0.2) is 50.3 Å². The molecule has 2 heterocycles. The molecule has 1 unspecified atom stereocenters. The van der Waals surface area contributed by atoms with Gasteiger partial charge in [-0.15, -0.1) is 0 Å². The highest BCUT2D eigenvalue weighted by Gasteiger charge is 2.23. The second-order valence-electron chi connectivity index (χ2n) is 5.70. The zero-order valence-corrected chi connectivity index (χ0v) is 12.9. The Balaban J connectivity index is 1.55. The summed E-state index contributed by atoms with van der Waals surface area (Å²) in [6.45, 7) is 6.08. The molecule has 0 N–H and O–H groups in total. The molecular formula is C16H20ClN3O. The van der Waals surface area contributed by atoms with Crippen molar-refractivity contribution < 1.29 is 4.74 Å². The topological polar surface area (TPSA) is 39.5 Å². The highest BCUT2D eigenvalue weighted by atomic mass is 35.5. The summed E-state index contributed by atoms with van der Waals surface area (Å²) in [7, 11) is 0. The summed E-state index contributed by atoms with van der Waals surface area (Å²) in [5, 5.41) is 9.46. The summed E-state index contributed by atoms with van der Waals surface area (Å²) >= 11 is 6.11. The van der Waals surface area contributed by atoms with E-state index in [2.05, 4.69) is 15.9 Å².